The maximum absolute atomic E-state index is 14.1. The fourth-order valence-corrected chi connectivity index (χ4v) is 3.31. The zero-order chi connectivity index (χ0) is 24.5. The van der Waals surface area contributed by atoms with E-state index in [4.69, 9.17) is 14.2 Å². The molecule has 1 aliphatic rings. The van der Waals surface area contributed by atoms with Crippen molar-refractivity contribution >= 4 is 29.6 Å². The molecule has 2 heterocycles. The molecular weight excluding hydrogens is 455 g/mol. The van der Waals surface area contributed by atoms with Crippen molar-refractivity contribution in [1.82, 2.24) is 9.97 Å². The van der Waals surface area contributed by atoms with Crippen LogP contribution < -0.4 is 25.1 Å². The summed E-state index contributed by atoms with van der Waals surface area (Å²) in [5.41, 5.74) is 4.07. The van der Waals surface area contributed by atoms with Crippen LogP contribution in [0.5, 0.6) is 11.5 Å². The molecule has 1 aliphatic heterocycles. The molecule has 0 unspecified atom stereocenters. The molecule has 0 spiro atoms. The third kappa shape index (κ3) is 6.64. The number of nitrogens with zero attached hydrogens (tertiary/aromatic N) is 4. The van der Waals surface area contributed by atoms with Crippen molar-refractivity contribution < 1.29 is 23.4 Å². The van der Waals surface area contributed by atoms with Crippen LogP contribution in [0.1, 0.15) is 5.56 Å². The zero-order valence-corrected chi connectivity index (χ0v) is 19.1. The van der Waals surface area contributed by atoms with E-state index < -0.39 is 5.82 Å². The van der Waals surface area contributed by atoms with Gasteiger partial charge in [0.15, 0.2) is 18.2 Å². The molecule has 10 nitrogen and oxygen atoms in total. The van der Waals surface area contributed by atoms with Crippen molar-refractivity contribution in [3.8, 4) is 11.5 Å². The lowest BCUT2D eigenvalue weighted by Crippen LogP contribution is -2.37. The van der Waals surface area contributed by atoms with E-state index in [1.54, 1.807) is 48.7 Å². The standard InChI is InChI=1S/C24H25FN6O4/c1-33-21-5-3-2-4-20(21)28-22(32)16-35-18-8-6-17(7-9-18)14-27-30-24-26-15-19(25)23(29-24)31-10-12-34-13-11-31/h2-9,14-15H,10-13,16H2,1H3,(H,28,32)(H,26,29,30)/b27-14-. The molecule has 3 aromatic rings. The number of rotatable bonds is 9. The molecule has 0 aliphatic carbocycles. The predicted octanol–water partition coefficient (Wildman–Crippen LogP) is 2.92. The highest BCUT2D eigenvalue weighted by atomic mass is 19.1. The molecule has 1 fully saturated rings. The Bertz CT molecular complexity index is 1170. The summed E-state index contributed by atoms with van der Waals surface area (Å²) in [5, 5.41) is 6.86. The summed E-state index contributed by atoms with van der Waals surface area (Å²) in [7, 11) is 1.54. The van der Waals surface area contributed by atoms with E-state index >= 15 is 0 Å². The number of carbonyl (C=O) groups is 1. The second-order valence-electron chi connectivity index (χ2n) is 7.44. The molecule has 35 heavy (non-hydrogen) atoms. The van der Waals surface area contributed by atoms with Gasteiger partial charge in [0.1, 0.15) is 11.5 Å². The van der Waals surface area contributed by atoms with Crippen LogP contribution in [0.3, 0.4) is 0 Å². The van der Waals surface area contributed by atoms with Gasteiger partial charge in [0.2, 0.25) is 5.95 Å². The Morgan fingerprint density at radius 1 is 1.20 bits per heavy atom. The van der Waals surface area contributed by atoms with Crippen molar-refractivity contribution in [1.29, 1.82) is 0 Å². The second kappa shape index (κ2) is 11.7. The minimum atomic E-state index is -0.492. The number of para-hydroxylation sites is 2. The molecular formula is C24H25FN6O4. The Kier molecular flexibility index (Phi) is 8.02. The van der Waals surface area contributed by atoms with E-state index in [1.165, 1.54) is 7.11 Å². The molecule has 4 rings (SSSR count). The molecule has 0 bridgehead atoms. The number of hydrogen-bond acceptors (Lipinski definition) is 9. The molecule has 0 atom stereocenters. The smallest absolute Gasteiger partial charge is 0.262 e. The van der Waals surface area contributed by atoms with E-state index in [0.29, 0.717) is 43.5 Å². The summed E-state index contributed by atoms with van der Waals surface area (Å²) < 4.78 is 30.2. The number of anilines is 3. The minimum Gasteiger partial charge on any atom is -0.495 e. The SMILES string of the molecule is COc1ccccc1NC(=O)COc1ccc(/C=N\Nc2ncc(F)c(N3CCOCC3)n2)cc1. The lowest BCUT2D eigenvalue weighted by atomic mass is 10.2. The topological polar surface area (TPSA) is 110 Å². The molecule has 11 heteroatoms. The van der Waals surface area contributed by atoms with Crippen molar-refractivity contribution in [2.24, 2.45) is 5.10 Å². The van der Waals surface area contributed by atoms with E-state index in [2.05, 4.69) is 25.8 Å². The largest absolute Gasteiger partial charge is 0.495 e. The normalized spacial score (nSPS) is 13.5. The van der Waals surface area contributed by atoms with Crippen molar-refractivity contribution in [3.05, 3.63) is 66.1 Å². The maximum Gasteiger partial charge on any atom is 0.262 e. The van der Waals surface area contributed by atoms with Crippen LogP contribution in [0, 0.1) is 5.82 Å². The fourth-order valence-electron chi connectivity index (χ4n) is 3.31. The van der Waals surface area contributed by atoms with E-state index in [-0.39, 0.29) is 24.3 Å². The van der Waals surface area contributed by atoms with Crippen molar-refractivity contribution in [2.75, 3.05) is 55.7 Å². The molecule has 182 valence electrons. The summed E-state index contributed by atoms with van der Waals surface area (Å²) >= 11 is 0. The summed E-state index contributed by atoms with van der Waals surface area (Å²) in [5.74, 6) is 0.708. The zero-order valence-electron chi connectivity index (χ0n) is 19.1. The first-order valence-electron chi connectivity index (χ1n) is 10.9. The Labute approximate surface area is 201 Å². The van der Waals surface area contributed by atoms with Gasteiger partial charge in [-0.25, -0.2) is 14.8 Å². The summed E-state index contributed by atoms with van der Waals surface area (Å²) in [6.45, 7) is 2.02. The predicted molar refractivity (Wildman–Crippen MR) is 130 cm³/mol. The Morgan fingerprint density at radius 3 is 2.74 bits per heavy atom. The average molecular weight is 481 g/mol. The lowest BCUT2D eigenvalue weighted by molar-refractivity contribution is -0.118. The van der Waals surface area contributed by atoms with Crippen molar-refractivity contribution in [2.45, 2.75) is 0 Å². The molecule has 0 radical (unpaired) electrons. The van der Waals surface area contributed by atoms with Gasteiger partial charge in [-0.15, -0.1) is 0 Å². The van der Waals surface area contributed by atoms with Gasteiger partial charge in [-0.3, -0.25) is 4.79 Å². The lowest BCUT2D eigenvalue weighted by Gasteiger charge is -2.27. The Hall–Kier alpha value is -4.25. The minimum absolute atomic E-state index is 0.152. The molecule has 1 aromatic heterocycles. The monoisotopic (exact) mass is 480 g/mol. The van der Waals surface area contributed by atoms with Gasteiger partial charge in [-0.05, 0) is 42.0 Å². The van der Waals surface area contributed by atoms with E-state index in [1.807, 2.05) is 11.0 Å². The number of carbonyl (C=O) groups excluding carboxylic acids is 1. The van der Waals surface area contributed by atoms with Gasteiger partial charge in [0.05, 0.1) is 38.4 Å². The summed E-state index contributed by atoms with van der Waals surface area (Å²) in [4.78, 5) is 22.1. The molecule has 2 aromatic carbocycles. The van der Waals surface area contributed by atoms with E-state index in [9.17, 15) is 9.18 Å². The third-order valence-electron chi connectivity index (χ3n) is 5.05. The van der Waals surface area contributed by atoms with Gasteiger partial charge >= 0.3 is 0 Å². The maximum atomic E-state index is 14.1. The van der Waals surface area contributed by atoms with Crippen LogP contribution in [-0.4, -0.2) is 62.1 Å². The second-order valence-corrected chi connectivity index (χ2v) is 7.44. The fraction of sp³-hybridized carbons (Fsp3) is 0.250. The van der Waals surface area contributed by atoms with Gasteiger partial charge in [0, 0.05) is 13.1 Å². The van der Waals surface area contributed by atoms with Gasteiger partial charge < -0.3 is 24.4 Å². The number of nitrogens with one attached hydrogen (secondary N) is 2. The highest BCUT2D eigenvalue weighted by Crippen LogP contribution is 2.23. The van der Waals surface area contributed by atoms with Crippen LogP contribution in [0.2, 0.25) is 0 Å². The van der Waals surface area contributed by atoms with Crippen LogP contribution >= 0.6 is 0 Å². The number of hydrazone groups is 1. The summed E-state index contributed by atoms with van der Waals surface area (Å²) in [6, 6.07) is 14.1. The van der Waals surface area contributed by atoms with E-state index in [0.717, 1.165) is 11.8 Å². The molecule has 1 saturated heterocycles. The average Bonchev–Trinajstić information content (AvgIpc) is 2.90. The van der Waals surface area contributed by atoms with Crippen LogP contribution in [0.4, 0.5) is 21.8 Å². The third-order valence-corrected chi connectivity index (χ3v) is 5.05. The molecule has 1 amide bonds. The van der Waals surface area contributed by atoms with Gasteiger partial charge in [-0.1, -0.05) is 12.1 Å². The molecule has 2 N–H and O–H groups in total. The number of ether oxygens (including phenoxy) is 3. The first-order chi connectivity index (χ1) is 17.1. The number of methoxy groups -OCH3 is 1. The summed E-state index contributed by atoms with van der Waals surface area (Å²) in [6.07, 6.45) is 2.69. The van der Waals surface area contributed by atoms with Crippen molar-refractivity contribution in [3.63, 3.8) is 0 Å². The Balaban J connectivity index is 1.27. The van der Waals surface area contributed by atoms with Crippen LogP contribution in [0.25, 0.3) is 0 Å². The van der Waals surface area contributed by atoms with Crippen LogP contribution in [0.15, 0.2) is 59.8 Å². The number of benzene rings is 2. The highest BCUT2D eigenvalue weighted by Gasteiger charge is 2.17. The first kappa shape index (κ1) is 23.9. The number of halogens is 1. The number of amides is 1. The molecule has 0 saturated carbocycles. The van der Waals surface area contributed by atoms with Crippen LogP contribution in [-0.2, 0) is 9.53 Å². The van der Waals surface area contributed by atoms with Gasteiger partial charge in [-0.2, -0.15) is 10.1 Å². The Morgan fingerprint density at radius 2 is 1.97 bits per heavy atom. The number of morpholine rings is 1. The first-order valence-corrected chi connectivity index (χ1v) is 10.9. The number of hydrogen-bond donors (Lipinski definition) is 2. The quantitative estimate of drug-likeness (QED) is 0.355. The highest BCUT2D eigenvalue weighted by molar-refractivity contribution is 5.93. The van der Waals surface area contributed by atoms with Gasteiger partial charge in [0.25, 0.3) is 5.91 Å². The number of aromatic nitrogens is 2.